The lowest BCUT2D eigenvalue weighted by atomic mass is 10.1. The molecule has 0 bridgehead atoms. The number of anilines is 1. The highest BCUT2D eigenvalue weighted by Gasteiger charge is 2.16. The molecule has 2 aromatic rings. The van der Waals surface area contributed by atoms with Gasteiger partial charge in [-0.2, -0.15) is 5.26 Å². The van der Waals surface area contributed by atoms with Gasteiger partial charge in [0.2, 0.25) is 5.95 Å². The van der Waals surface area contributed by atoms with Gasteiger partial charge in [0.15, 0.2) is 0 Å². The number of hydrogen-bond acceptors (Lipinski definition) is 4. The first-order valence-corrected chi connectivity index (χ1v) is 5.26. The standard InChI is InChI=1S/C12H13N5/c1-12(2,8-13)17-11-15-6-9(7-16-11)10-4-3-5-14-10/h3-7,14H,1-2H3,(H,15,16,17). The average molecular weight is 227 g/mol. The van der Waals surface area contributed by atoms with Crippen molar-refractivity contribution in [1.82, 2.24) is 15.0 Å². The van der Waals surface area contributed by atoms with Crippen molar-refractivity contribution >= 4 is 5.95 Å². The highest BCUT2D eigenvalue weighted by Crippen LogP contribution is 2.16. The van der Waals surface area contributed by atoms with Crippen LogP contribution in [-0.2, 0) is 0 Å². The maximum absolute atomic E-state index is 8.89. The first kappa shape index (κ1) is 11.1. The predicted molar refractivity (Wildman–Crippen MR) is 65.1 cm³/mol. The number of nitrogens with zero attached hydrogens (tertiary/aromatic N) is 3. The normalized spacial score (nSPS) is 10.9. The topological polar surface area (TPSA) is 77.4 Å². The molecule has 0 atom stereocenters. The third-order valence-corrected chi connectivity index (χ3v) is 2.26. The third-order valence-electron chi connectivity index (χ3n) is 2.26. The summed E-state index contributed by atoms with van der Waals surface area (Å²) in [5, 5.41) is 11.8. The molecule has 2 aromatic heterocycles. The number of aromatic amines is 1. The van der Waals surface area contributed by atoms with Crippen molar-refractivity contribution in [2.24, 2.45) is 0 Å². The van der Waals surface area contributed by atoms with E-state index in [9.17, 15) is 0 Å². The first-order chi connectivity index (χ1) is 8.11. The van der Waals surface area contributed by atoms with Gasteiger partial charge in [-0.1, -0.05) is 0 Å². The van der Waals surface area contributed by atoms with Gasteiger partial charge in [-0.05, 0) is 26.0 Å². The fourth-order valence-corrected chi connectivity index (χ4v) is 1.35. The SMILES string of the molecule is CC(C)(C#N)Nc1ncc(-c2ccc[nH]2)cn1. The Hall–Kier alpha value is -2.35. The van der Waals surface area contributed by atoms with Crippen molar-refractivity contribution < 1.29 is 0 Å². The van der Waals surface area contributed by atoms with E-state index in [-0.39, 0.29) is 0 Å². The van der Waals surface area contributed by atoms with Gasteiger partial charge in [0.25, 0.3) is 0 Å². The van der Waals surface area contributed by atoms with Crippen molar-refractivity contribution in [3.63, 3.8) is 0 Å². The van der Waals surface area contributed by atoms with Gasteiger partial charge in [0.1, 0.15) is 5.54 Å². The minimum Gasteiger partial charge on any atom is -0.361 e. The minimum absolute atomic E-state index is 0.451. The van der Waals surface area contributed by atoms with Crippen LogP contribution in [0.25, 0.3) is 11.3 Å². The largest absolute Gasteiger partial charge is 0.361 e. The molecule has 5 nitrogen and oxygen atoms in total. The fourth-order valence-electron chi connectivity index (χ4n) is 1.35. The zero-order valence-electron chi connectivity index (χ0n) is 9.73. The smallest absolute Gasteiger partial charge is 0.223 e. The lowest BCUT2D eigenvalue weighted by molar-refractivity contribution is 0.717. The molecular weight excluding hydrogens is 214 g/mol. The van der Waals surface area contributed by atoms with E-state index in [2.05, 4.69) is 26.3 Å². The highest BCUT2D eigenvalue weighted by molar-refractivity contribution is 5.57. The number of nitrogens with one attached hydrogen (secondary N) is 2. The number of nitriles is 1. The molecular formula is C12H13N5. The molecule has 0 fully saturated rings. The van der Waals surface area contributed by atoms with Crippen molar-refractivity contribution in [2.75, 3.05) is 5.32 Å². The maximum Gasteiger partial charge on any atom is 0.223 e. The summed E-state index contributed by atoms with van der Waals surface area (Å²) in [6.45, 7) is 3.55. The van der Waals surface area contributed by atoms with Crippen LogP contribution < -0.4 is 5.32 Å². The molecule has 86 valence electrons. The maximum atomic E-state index is 8.89. The van der Waals surface area contributed by atoms with Crippen LogP contribution >= 0.6 is 0 Å². The Morgan fingerprint density at radius 3 is 2.59 bits per heavy atom. The number of rotatable bonds is 3. The van der Waals surface area contributed by atoms with Crippen LogP contribution in [0.1, 0.15) is 13.8 Å². The molecule has 0 radical (unpaired) electrons. The van der Waals surface area contributed by atoms with Crippen LogP contribution in [0.15, 0.2) is 30.7 Å². The number of H-pyrrole nitrogens is 1. The molecule has 0 aliphatic heterocycles. The van der Waals surface area contributed by atoms with E-state index in [4.69, 9.17) is 5.26 Å². The van der Waals surface area contributed by atoms with Gasteiger partial charge in [-0.3, -0.25) is 0 Å². The van der Waals surface area contributed by atoms with Crippen LogP contribution in [0.4, 0.5) is 5.95 Å². The van der Waals surface area contributed by atoms with Crippen molar-refractivity contribution in [2.45, 2.75) is 19.4 Å². The number of aromatic nitrogens is 3. The summed E-state index contributed by atoms with van der Waals surface area (Å²) in [5.41, 5.74) is 1.21. The molecule has 0 aliphatic carbocycles. The molecule has 0 spiro atoms. The molecule has 17 heavy (non-hydrogen) atoms. The molecule has 0 aliphatic rings. The number of hydrogen-bond donors (Lipinski definition) is 2. The van der Waals surface area contributed by atoms with E-state index in [0.717, 1.165) is 11.3 Å². The first-order valence-electron chi connectivity index (χ1n) is 5.26. The van der Waals surface area contributed by atoms with Gasteiger partial charge < -0.3 is 10.3 Å². The molecule has 0 unspecified atom stereocenters. The van der Waals surface area contributed by atoms with E-state index < -0.39 is 5.54 Å². The zero-order valence-corrected chi connectivity index (χ0v) is 9.73. The van der Waals surface area contributed by atoms with Gasteiger partial charge >= 0.3 is 0 Å². The summed E-state index contributed by atoms with van der Waals surface area (Å²) in [5.74, 6) is 0.451. The Kier molecular flexibility index (Phi) is 2.79. The second-order valence-corrected chi connectivity index (χ2v) is 4.24. The minimum atomic E-state index is -0.673. The summed E-state index contributed by atoms with van der Waals surface area (Å²) < 4.78 is 0. The Morgan fingerprint density at radius 2 is 2.06 bits per heavy atom. The van der Waals surface area contributed by atoms with Crippen LogP contribution in [0.2, 0.25) is 0 Å². The Morgan fingerprint density at radius 1 is 1.35 bits per heavy atom. The molecule has 2 heterocycles. The molecule has 0 aromatic carbocycles. The lowest BCUT2D eigenvalue weighted by Gasteiger charge is -2.16. The molecule has 2 N–H and O–H groups in total. The second kappa shape index (κ2) is 4.26. The van der Waals surface area contributed by atoms with Gasteiger partial charge in [-0.25, -0.2) is 9.97 Å². The van der Waals surface area contributed by atoms with Crippen LogP contribution in [0.3, 0.4) is 0 Å². The summed E-state index contributed by atoms with van der Waals surface area (Å²) in [6, 6.07) is 6.00. The van der Waals surface area contributed by atoms with E-state index in [1.807, 2.05) is 18.3 Å². The lowest BCUT2D eigenvalue weighted by Crippen LogP contribution is -2.29. The summed E-state index contributed by atoms with van der Waals surface area (Å²) >= 11 is 0. The quantitative estimate of drug-likeness (QED) is 0.842. The van der Waals surface area contributed by atoms with E-state index in [1.165, 1.54) is 0 Å². The van der Waals surface area contributed by atoms with Gasteiger partial charge in [-0.15, -0.1) is 0 Å². The Bertz CT molecular complexity index is 519. The van der Waals surface area contributed by atoms with E-state index in [0.29, 0.717) is 5.95 Å². The van der Waals surface area contributed by atoms with Gasteiger partial charge in [0, 0.05) is 29.8 Å². The van der Waals surface area contributed by atoms with Crippen molar-refractivity contribution in [1.29, 1.82) is 5.26 Å². The molecule has 0 saturated heterocycles. The summed E-state index contributed by atoms with van der Waals surface area (Å²) in [7, 11) is 0. The highest BCUT2D eigenvalue weighted by atomic mass is 15.1. The van der Waals surface area contributed by atoms with Gasteiger partial charge in [0.05, 0.1) is 6.07 Å². The molecule has 0 amide bonds. The zero-order chi connectivity index (χ0) is 12.3. The molecule has 0 saturated carbocycles. The summed E-state index contributed by atoms with van der Waals surface area (Å²) in [6.07, 6.45) is 5.28. The van der Waals surface area contributed by atoms with Crippen LogP contribution in [-0.4, -0.2) is 20.5 Å². The van der Waals surface area contributed by atoms with E-state index in [1.54, 1.807) is 26.2 Å². The Labute approximate surface area is 99.5 Å². The third kappa shape index (κ3) is 2.61. The summed E-state index contributed by atoms with van der Waals surface area (Å²) in [4.78, 5) is 11.4. The van der Waals surface area contributed by atoms with Crippen LogP contribution in [0, 0.1) is 11.3 Å². The van der Waals surface area contributed by atoms with Crippen molar-refractivity contribution in [3.8, 4) is 17.3 Å². The van der Waals surface area contributed by atoms with E-state index >= 15 is 0 Å². The fraction of sp³-hybridized carbons (Fsp3) is 0.250. The monoisotopic (exact) mass is 227 g/mol. The van der Waals surface area contributed by atoms with Crippen molar-refractivity contribution in [3.05, 3.63) is 30.7 Å². The second-order valence-electron chi connectivity index (χ2n) is 4.24. The predicted octanol–water partition coefficient (Wildman–Crippen LogP) is 2.19. The van der Waals surface area contributed by atoms with Crippen LogP contribution in [0.5, 0.6) is 0 Å². The Balaban J connectivity index is 2.17. The molecule has 5 heteroatoms. The molecule has 2 rings (SSSR count). The average Bonchev–Trinajstić information content (AvgIpc) is 2.83.